The molecule has 0 amide bonds. The van der Waals surface area contributed by atoms with Crippen molar-refractivity contribution in [2.75, 3.05) is 0 Å². The van der Waals surface area contributed by atoms with Crippen molar-refractivity contribution in [3.8, 4) is 0 Å². The maximum Gasteiger partial charge on any atom is 0.0547 e. The van der Waals surface area contributed by atoms with E-state index >= 15 is 0 Å². The number of rotatable bonds is 5. The second-order valence-electron chi connectivity index (χ2n) is 5.09. The van der Waals surface area contributed by atoms with Gasteiger partial charge in [0.15, 0.2) is 0 Å². The average Bonchev–Trinajstić information content (AvgIpc) is 2.39. The van der Waals surface area contributed by atoms with Gasteiger partial charge in [-0.15, -0.1) is 0 Å². The Kier molecular flexibility index (Phi) is 5.02. The molecule has 2 N–H and O–H groups in total. The van der Waals surface area contributed by atoms with Gasteiger partial charge in [0.2, 0.25) is 0 Å². The van der Waals surface area contributed by atoms with Gasteiger partial charge in [-0.1, -0.05) is 49.6 Å². The summed E-state index contributed by atoms with van der Waals surface area (Å²) >= 11 is 0. The van der Waals surface area contributed by atoms with E-state index in [2.05, 4.69) is 47.9 Å². The van der Waals surface area contributed by atoms with Crippen LogP contribution in [0.25, 0.3) is 0 Å². The highest BCUT2D eigenvalue weighted by Gasteiger charge is 2.14. The monoisotopic (exact) mass is 232 g/mol. The number of hydrogen-bond donors (Lipinski definition) is 2. The van der Waals surface area contributed by atoms with E-state index in [1.54, 1.807) is 0 Å². The van der Waals surface area contributed by atoms with Crippen LogP contribution in [0.5, 0.6) is 0 Å². The highest BCUT2D eigenvalue weighted by atomic mass is 15.1. The predicted molar refractivity (Wildman–Crippen MR) is 72.8 cm³/mol. The average molecular weight is 232 g/mol. The van der Waals surface area contributed by atoms with E-state index in [9.17, 15) is 0 Å². The molecule has 2 heteroatoms. The van der Waals surface area contributed by atoms with E-state index in [-0.39, 0.29) is 0 Å². The lowest BCUT2D eigenvalue weighted by atomic mass is 9.95. The Bertz CT molecular complexity index is 304. The largest absolute Gasteiger partial charge is 0.299 e. The summed E-state index contributed by atoms with van der Waals surface area (Å²) in [7, 11) is 0. The molecule has 1 atom stereocenters. The van der Waals surface area contributed by atoms with Gasteiger partial charge in [-0.25, -0.2) is 0 Å². The van der Waals surface area contributed by atoms with E-state index in [1.165, 1.54) is 37.7 Å². The van der Waals surface area contributed by atoms with Crippen LogP contribution in [-0.2, 0) is 6.54 Å². The Balaban J connectivity index is 1.68. The fraction of sp³-hybridized carbons (Fsp3) is 0.600. The van der Waals surface area contributed by atoms with Crippen LogP contribution in [0.15, 0.2) is 30.3 Å². The molecule has 0 bridgehead atoms. The molecular weight excluding hydrogens is 208 g/mol. The molecule has 0 heterocycles. The molecule has 1 aromatic rings. The third-order valence-electron chi connectivity index (χ3n) is 3.55. The van der Waals surface area contributed by atoms with Gasteiger partial charge in [-0.2, -0.15) is 0 Å². The van der Waals surface area contributed by atoms with Crippen molar-refractivity contribution < 1.29 is 0 Å². The molecule has 0 aliphatic heterocycles. The van der Waals surface area contributed by atoms with Gasteiger partial charge >= 0.3 is 0 Å². The van der Waals surface area contributed by atoms with Crippen molar-refractivity contribution in [3.05, 3.63) is 35.9 Å². The molecule has 17 heavy (non-hydrogen) atoms. The highest BCUT2D eigenvalue weighted by Crippen LogP contribution is 2.17. The zero-order chi connectivity index (χ0) is 11.9. The first-order chi connectivity index (χ1) is 8.34. The fourth-order valence-corrected chi connectivity index (χ4v) is 2.55. The van der Waals surface area contributed by atoms with Crippen LogP contribution >= 0.6 is 0 Å². The van der Waals surface area contributed by atoms with Crippen molar-refractivity contribution in [2.24, 2.45) is 0 Å². The first-order valence-corrected chi connectivity index (χ1v) is 6.88. The molecule has 0 spiro atoms. The SMILES string of the molecule is CC(NCc1ccccc1)NC1CCCCC1. The van der Waals surface area contributed by atoms with E-state index in [0.717, 1.165) is 12.6 Å². The van der Waals surface area contributed by atoms with E-state index in [0.29, 0.717) is 6.17 Å². The molecule has 1 aliphatic rings. The van der Waals surface area contributed by atoms with Crippen LogP contribution in [0.3, 0.4) is 0 Å². The van der Waals surface area contributed by atoms with Gasteiger partial charge in [0.05, 0.1) is 6.17 Å². The topological polar surface area (TPSA) is 24.1 Å². The van der Waals surface area contributed by atoms with Crippen LogP contribution in [0.1, 0.15) is 44.6 Å². The van der Waals surface area contributed by atoms with Gasteiger partial charge in [0.1, 0.15) is 0 Å². The van der Waals surface area contributed by atoms with Gasteiger partial charge in [-0.05, 0) is 25.3 Å². The van der Waals surface area contributed by atoms with Crippen LogP contribution < -0.4 is 10.6 Å². The maximum atomic E-state index is 3.68. The lowest BCUT2D eigenvalue weighted by molar-refractivity contribution is 0.318. The fourth-order valence-electron chi connectivity index (χ4n) is 2.55. The Morgan fingerprint density at radius 3 is 2.53 bits per heavy atom. The smallest absolute Gasteiger partial charge is 0.0547 e. The molecule has 1 aromatic carbocycles. The minimum atomic E-state index is 0.401. The summed E-state index contributed by atoms with van der Waals surface area (Å²) in [5.41, 5.74) is 1.35. The molecule has 2 nitrogen and oxygen atoms in total. The molecule has 2 rings (SSSR count). The van der Waals surface area contributed by atoms with Gasteiger partial charge in [-0.3, -0.25) is 10.6 Å². The Morgan fingerprint density at radius 2 is 1.82 bits per heavy atom. The molecule has 0 saturated heterocycles. The molecule has 0 aromatic heterocycles. The van der Waals surface area contributed by atoms with Crippen molar-refractivity contribution in [2.45, 2.75) is 57.8 Å². The van der Waals surface area contributed by atoms with E-state index < -0.39 is 0 Å². The zero-order valence-corrected chi connectivity index (χ0v) is 10.8. The molecule has 1 saturated carbocycles. The first-order valence-electron chi connectivity index (χ1n) is 6.88. The summed E-state index contributed by atoms with van der Waals surface area (Å²) < 4.78 is 0. The van der Waals surface area contributed by atoms with Crippen molar-refractivity contribution >= 4 is 0 Å². The Labute approximate surface area is 105 Å². The minimum absolute atomic E-state index is 0.401. The van der Waals surface area contributed by atoms with Crippen molar-refractivity contribution in [3.63, 3.8) is 0 Å². The van der Waals surface area contributed by atoms with Crippen LogP contribution in [0.2, 0.25) is 0 Å². The van der Waals surface area contributed by atoms with Crippen molar-refractivity contribution in [1.82, 2.24) is 10.6 Å². The summed E-state index contributed by atoms with van der Waals surface area (Å²) in [5.74, 6) is 0. The number of nitrogens with one attached hydrogen (secondary N) is 2. The molecule has 1 fully saturated rings. The predicted octanol–water partition coefficient (Wildman–Crippen LogP) is 3.04. The van der Waals surface area contributed by atoms with Gasteiger partial charge < -0.3 is 0 Å². The maximum absolute atomic E-state index is 3.68. The summed E-state index contributed by atoms with van der Waals surface area (Å²) in [4.78, 5) is 0. The first kappa shape index (κ1) is 12.6. The normalized spacial score (nSPS) is 19.1. The molecular formula is C15H24N2. The van der Waals surface area contributed by atoms with Crippen LogP contribution in [-0.4, -0.2) is 12.2 Å². The third kappa shape index (κ3) is 4.49. The lowest BCUT2D eigenvalue weighted by Crippen LogP contribution is -2.45. The summed E-state index contributed by atoms with van der Waals surface area (Å²) in [6, 6.07) is 11.3. The minimum Gasteiger partial charge on any atom is -0.299 e. The van der Waals surface area contributed by atoms with E-state index in [1.807, 2.05) is 0 Å². The molecule has 94 valence electrons. The second-order valence-corrected chi connectivity index (χ2v) is 5.09. The quantitative estimate of drug-likeness (QED) is 0.762. The lowest BCUT2D eigenvalue weighted by Gasteiger charge is -2.27. The second kappa shape index (κ2) is 6.77. The van der Waals surface area contributed by atoms with Crippen molar-refractivity contribution in [1.29, 1.82) is 0 Å². The standard InChI is InChI=1S/C15H24N2/c1-13(17-15-10-6-3-7-11-15)16-12-14-8-4-2-5-9-14/h2,4-5,8-9,13,15-17H,3,6-7,10-12H2,1H3. The number of hydrogen-bond acceptors (Lipinski definition) is 2. The third-order valence-corrected chi connectivity index (χ3v) is 3.55. The molecule has 1 unspecified atom stereocenters. The number of benzene rings is 1. The Hall–Kier alpha value is -0.860. The van der Waals surface area contributed by atoms with Crippen LogP contribution in [0, 0.1) is 0 Å². The van der Waals surface area contributed by atoms with E-state index in [4.69, 9.17) is 0 Å². The molecule has 1 aliphatic carbocycles. The summed E-state index contributed by atoms with van der Waals surface area (Å²) in [5, 5.41) is 7.21. The van der Waals surface area contributed by atoms with Gasteiger partial charge in [0.25, 0.3) is 0 Å². The zero-order valence-electron chi connectivity index (χ0n) is 10.8. The summed E-state index contributed by atoms with van der Waals surface area (Å²) in [6.07, 6.45) is 7.29. The van der Waals surface area contributed by atoms with Gasteiger partial charge in [0, 0.05) is 12.6 Å². The molecule has 0 radical (unpaired) electrons. The highest BCUT2D eigenvalue weighted by molar-refractivity contribution is 5.14. The Morgan fingerprint density at radius 1 is 1.12 bits per heavy atom. The summed E-state index contributed by atoms with van der Waals surface area (Å²) in [6.45, 7) is 3.17. The van der Waals surface area contributed by atoms with Crippen LogP contribution in [0.4, 0.5) is 0 Å².